The first-order chi connectivity index (χ1) is 15.9. The van der Waals surface area contributed by atoms with Crippen LogP contribution in [0.5, 0.6) is 5.75 Å². The summed E-state index contributed by atoms with van der Waals surface area (Å²) < 4.78 is 11.1. The molecule has 1 aromatic heterocycles. The zero-order valence-electron chi connectivity index (χ0n) is 18.1. The van der Waals surface area contributed by atoms with Crippen molar-refractivity contribution < 1.29 is 24.0 Å². The summed E-state index contributed by atoms with van der Waals surface area (Å²) >= 11 is 6.08. The van der Waals surface area contributed by atoms with Gasteiger partial charge in [-0.05, 0) is 68.0 Å². The summed E-state index contributed by atoms with van der Waals surface area (Å²) in [5.41, 5.74) is 1.83. The summed E-state index contributed by atoms with van der Waals surface area (Å²) in [4.78, 5) is 27.8. The van der Waals surface area contributed by atoms with Crippen molar-refractivity contribution in [2.45, 2.75) is 51.7 Å². The first-order valence-corrected chi connectivity index (χ1v) is 11.2. The van der Waals surface area contributed by atoms with Crippen LogP contribution >= 0.6 is 11.6 Å². The van der Waals surface area contributed by atoms with Crippen LogP contribution in [0.25, 0.3) is 11.4 Å². The van der Waals surface area contributed by atoms with Crippen molar-refractivity contribution in [3.05, 3.63) is 64.0 Å². The van der Waals surface area contributed by atoms with Crippen LogP contribution in [-0.4, -0.2) is 33.2 Å². The van der Waals surface area contributed by atoms with E-state index in [-0.39, 0.29) is 28.4 Å². The first kappa shape index (κ1) is 22.8. The number of rotatable bonds is 7. The molecule has 0 radical (unpaired) electrons. The maximum atomic E-state index is 12.4. The molecule has 1 fully saturated rings. The number of carbonyl (C=O) groups excluding carboxylic acids is 1. The summed E-state index contributed by atoms with van der Waals surface area (Å²) in [7, 11) is 0. The molecule has 1 heterocycles. The van der Waals surface area contributed by atoms with Gasteiger partial charge in [0.25, 0.3) is 0 Å². The third kappa shape index (κ3) is 5.51. The smallest absolute Gasteiger partial charge is 0.337 e. The van der Waals surface area contributed by atoms with E-state index in [1.54, 1.807) is 13.0 Å². The molecule has 0 saturated heterocycles. The van der Waals surface area contributed by atoms with Crippen molar-refractivity contribution in [3.8, 4) is 17.1 Å². The maximum Gasteiger partial charge on any atom is 0.337 e. The largest absolute Gasteiger partial charge is 0.490 e. The third-order valence-corrected chi connectivity index (χ3v) is 5.91. The van der Waals surface area contributed by atoms with Gasteiger partial charge in [0.2, 0.25) is 5.82 Å². The molecule has 0 spiro atoms. The molecule has 1 aliphatic carbocycles. The molecule has 9 heteroatoms. The number of carboxylic acid groups (broad SMARTS) is 1. The Labute approximate surface area is 195 Å². The highest BCUT2D eigenvalue weighted by Gasteiger charge is 2.19. The second kappa shape index (κ2) is 10.0. The lowest BCUT2D eigenvalue weighted by Crippen LogP contribution is -2.23. The highest BCUT2D eigenvalue weighted by Crippen LogP contribution is 2.27. The standard InChI is InChI=1S/C24H24ClN3O5/c1-14-11-16(12-19(25)20(14)24(30)31)21-27-23(33-28-21)22(29)26-13-15-7-9-18(10-8-15)32-17-5-3-2-4-6-17/h7-12,17H,2-6,13H2,1H3,(H,26,29)(H,30,31). The van der Waals surface area contributed by atoms with E-state index in [0.717, 1.165) is 24.2 Å². The van der Waals surface area contributed by atoms with E-state index in [9.17, 15) is 14.7 Å². The van der Waals surface area contributed by atoms with E-state index in [4.69, 9.17) is 20.9 Å². The fraction of sp³-hybridized carbons (Fsp3) is 0.333. The van der Waals surface area contributed by atoms with Gasteiger partial charge in [-0.25, -0.2) is 4.79 Å². The Morgan fingerprint density at radius 2 is 1.91 bits per heavy atom. The van der Waals surface area contributed by atoms with Crippen molar-refractivity contribution in [3.63, 3.8) is 0 Å². The normalized spacial score (nSPS) is 14.1. The topological polar surface area (TPSA) is 115 Å². The zero-order chi connectivity index (χ0) is 23.4. The van der Waals surface area contributed by atoms with E-state index >= 15 is 0 Å². The Balaban J connectivity index is 1.36. The molecule has 8 nitrogen and oxygen atoms in total. The second-order valence-corrected chi connectivity index (χ2v) is 8.49. The van der Waals surface area contributed by atoms with Crippen LogP contribution in [0.4, 0.5) is 0 Å². The van der Waals surface area contributed by atoms with E-state index < -0.39 is 11.9 Å². The number of ether oxygens (including phenoxy) is 1. The molecule has 4 rings (SSSR count). The van der Waals surface area contributed by atoms with Crippen LogP contribution in [0, 0.1) is 6.92 Å². The van der Waals surface area contributed by atoms with E-state index in [2.05, 4.69) is 15.5 Å². The van der Waals surface area contributed by atoms with Crippen molar-refractivity contribution in [2.24, 2.45) is 0 Å². The highest BCUT2D eigenvalue weighted by molar-refractivity contribution is 6.34. The Hall–Kier alpha value is -3.39. The molecule has 33 heavy (non-hydrogen) atoms. The quantitative estimate of drug-likeness (QED) is 0.498. The average molecular weight is 470 g/mol. The minimum absolute atomic E-state index is 0.0111. The monoisotopic (exact) mass is 469 g/mol. The molecule has 2 aromatic carbocycles. The van der Waals surface area contributed by atoms with Gasteiger partial charge in [0, 0.05) is 12.1 Å². The Kier molecular flexibility index (Phi) is 6.93. The molecule has 0 unspecified atom stereocenters. The minimum atomic E-state index is -1.12. The van der Waals surface area contributed by atoms with Crippen molar-refractivity contribution >= 4 is 23.5 Å². The second-order valence-electron chi connectivity index (χ2n) is 8.08. The molecular weight excluding hydrogens is 446 g/mol. The lowest BCUT2D eigenvalue weighted by Gasteiger charge is -2.23. The molecule has 3 aromatic rings. The number of halogens is 1. The molecule has 1 saturated carbocycles. The molecule has 0 aliphatic heterocycles. The number of carbonyl (C=O) groups is 2. The SMILES string of the molecule is Cc1cc(-c2noc(C(=O)NCc3ccc(OC4CCCCC4)cc3)n2)cc(Cl)c1C(=O)O. The van der Waals surface area contributed by atoms with Gasteiger partial charge < -0.3 is 19.7 Å². The number of hydrogen-bond donors (Lipinski definition) is 2. The minimum Gasteiger partial charge on any atom is -0.490 e. The lowest BCUT2D eigenvalue weighted by molar-refractivity contribution is 0.0696. The predicted octanol–water partition coefficient (Wildman–Crippen LogP) is 5.04. The van der Waals surface area contributed by atoms with E-state index in [1.807, 2.05) is 24.3 Å². The summed E-state index contributed by atoms with van der Waals surface area (Å²) in [6.45, 7) is 1.91. The van der Waals surface area contributed by atoms with Crippen LogP contribution in [0.2, 0.25) is 5.02 Å². The fourth-order valence-electron chi connectivity index (χ4n) is 3.90. The first-order valence-electron chi connectivity index (χ1n) is 10.8. The zero-order valence-corrected chi connectivity index (χ0v) is 18.9. The van der Waals surface area contributed by atoms with E-state index in [1.165, 1.54) is 25.3 Å². The fourth-order valence-corrected chi connectivity index (χ4v) is 4.24. The summed E-state index contributed by atoms with van der Waals surface area (Å²) in [5.74, 6) is -0.849. The maximum absolute atomic E-state index is 12.4. The molecule has 172 valence electrons. The lowest BCUT2D eigenvalue weighted by atomic mass is 9.98. The van der Waals surface area contributed by atoms with Crippen molar-refractivity contribution in [1.29, 1.82) is 0 Å². The Morgan fingerprint density at radius 1 is 1.18 bits per heavy atom. The molecule has 0 bridgehead atoms. The number of amides is 1. The molecule has 2 N–H and O–H groups in total. The van der Waals surface area contributed by atoms with Crippen LogP contribution < -0.4 is 10.1 Å². The van der Waals surface area contributed by atoms with Crippen molar-refractivity contribution in [1.82, 2.24) is 15.5 Å². The number of hydrogen-bond acceptors (Lipinski definition) is 6. The molecule has 0 atom stereocenters. The van der Waals surface area contributed by atoms with Gasteiger partial charge in [-0.1, -0.05) is 35.3 Å². The summed E-state index contributed by atoms with van der Waals surface area (Å²) in [6, 6.07) is 10.7. The summed E-state index contributed by atoms with van der Waals surface area (Å²) in [5, 5.41) is 15.9. The predicted molar refractivity (Wildman–Crippen MR) is 122 cm³/mol. The number of aromatic carboxylic acids is 1. The van der Waals surface area contributed by atoms with Gasteiger partial charge in [-0.2, -0.15) is 4.98 Å². The van der Waals surface area contributed by atoms with Gasteiger partial charge >= 0.3 is 17.8 Å². The molecule has 1 amide bonds. The van der Waals surface area contributed by atoms with Crippen LogP contribution in [0.1, 0.15) is 64.3 Å². The van der Waals surface area contributed by atoms with Gasteiger partial charge in [0.15, 0.2) is 0 Å². The third-order valence-electron chi connectivity index (χ3n) is 5.61. The van der Waals surface area contributed by atoms with E-state index in [0.29, 0.717) is 17.7 Å². The number of benzene rings is 2. The number of aryl methyl sites for hydroxylation is 1. The van der Waals surface area contributed by atoms with Gasteiger partial charge in [0.05, 0.1) is 16.7 Å². The number of carboxylic acids is 1. The van der Waals surface area contributed by atoms with Crippen LogP contribution in [-0.2, 0) is 6.54 Å². The van der Waals surface area contributed by atoms with Gasteiger partial charge in [-0.15, -0.1) is 0 Å². The number of nitrogens with zero attached hydrogens (tertiary/aromatic N) is 2. The number of aromatic nitrogens is 2. The van der Waals surface area contributed by atoms with Crippen LogP contribution in [0.15, 0.2) is 40.9 Å². The molecular formula is C24H24ClN3O5. The average Bonchev–Trinajstić information content (AvgIpc) is 3.29. The van der Waals surface area contributed by atoms with Crippen LogP contribution in [0.3, 0.4) is 0 Å². The number of nitrogens with one attached hydrogen (secondary N) is 1. The van der Waals surface area contributed by atoms with Gasteiger partial charge in [0.1, 0.15) is 5.75 Å². The Morgan fingerprint density at radius 3 is 2.58 bits per heavy atom. The highest BCUT2D eigenvalue weighted by atomic mass is 35.5. The molecule has 1 aliphatic rings. The Bertz CT molecular complexity index is 1130. The summed E-state index contributed by atoms with van der Waals surface area (Å²) in [6.07, 6.45) is 6.19. The van der Waals surface area contributed by atoms with Crippen molar-refractivity contribution in [2.75, 3.05) is 0 Å². The van der Waals surface area contributed by atoms with Gasteiger partial charge in [-0.3, -0.25) is 4.79 Å².